The number of nitrogens with two attached hydrogens (primary N) is 1. The van der Waals surface area contributed by atoms with Gasteiger partial charge in [0.05, 0.1) is 0 Å². The fourth-order valence-corrected chi connectivity index (χ4v) is 2.83. The van der Waals surface area contributed by atoms with Crippen molar-refractivity contribution in [2.75, 3.05) is 6.54 Å². The number of aryl methyl sites for hydroxylation is 1. The normalized spacial score (nSPS) is 16.7. The monoisotopic (exact) mass is 312 g/mol. The summed E-state index contributed by atoms with van der Waals surface area (Å²) in [6.07, 6.45) is 1.91. The maximum absolute atomic E-state index is 13.4. The topological polar surface area (TPSA) is 55.1 Å². The number of carbonyl (C=O) groups excluding carboxylic acids is 1. The molecule has 0 spiro atoms. The van der Waals surface area contributed by atoms with E-state index < -0.39 is 6.04 Å². The number of hydrogen-bond donors (Lipinski definition) is 2. The predicted octanol–water partition coefficient (Wildman–Crippen LogP) is 2.98. The van der Waals surface area contributed by atoms with Crippen LogP contribution < -0.4 is 11.1 Å². The van der Waals surface area contributed by atoms with Gasteiger partial charge in [0.15, 0.2) is 0 Å². The van der Waals surface area contributed by atoms with E-state index in [0.29, 0.717) is 6.54 Å². The summed E-state index contributed by atoms with van der Waals surface area (Å²) in [6.45, 7) is 2.49. The molecule has 1 aliphatic rings. The number of benzene rings is 2. The number of carbonyl (C=O) groups is 1. The zero-order valence-corrected chi connectivity index (χ0v) is 13.2. The van der Waals surface area contributed by atoms with Crippen molar-refractivity contribution < 1.29 is 9.18 Å². The van der Waals surface area contributed by atoms with Crippen molar-refractivity contribution >= 4 is 5.91 Å². The van der Waals surface area contributed by atoms with E-state index in [-0.39, 0.29) is 17.1 Å². The maximum Gasteiger partial charge on any atom is 0.241 e. The predicted molar refractivity (Wildman–Crippen MR) is 88.4 cm³/mol. The Labute approximate surface area is 135 Å². The van der Waals surface area contributed by atoms with E-state index in [1.54, 1.807) is 12.1 Å². The van der Waals surface area contributed by atoms with Gasteiger partial charge in [-0.2, -0.15) is 0 Å². The Balaban J connectivity index is 1.64. The molecule has 3 N–H and O–H groups in total. The van der Waals surface area contributed by atoms with Crippen LogP contribution in [0.25, 0.3) is 0 Å². The van der Waals surface area contributed by atoms with Crippen LogP contribution in [0.5, 0.6) is 0 Å². The first-order chi connectivity index (χ1) is 11.0. The van der Waals surface area contributed by atoms with Gasteiger partial charge >= 0.3 is 0 Å². The Bertz CT molecular complexity index is 708. The highest BCUT2D eigenvalue weighted by atomic mass is 19.1. The molecule has 0 aromatic heterocycles. The first kappa shape index (κ1) is 15.7. The zero-order chi connectivity index (χ0) is 16.4. The lowest BCUT2D eigenvalue weighted by Gasteiger charge is -2.19. The Kier molecular flexibility index (Phi) is 4.18. The van der Waals surface area contributed by atoms with Gasteiger partial charge in [-0.1, -0.05) is 42.0 Å². The number of rotatable bonds is 5. The van der Waals surface area contributed by atoms with E-state index in [4.69, 9.17) is 5.73 Å². The van der Waals surface area contributed by atoms with Gasteiger partial charge in [-0.3, -0.25) is 4.79 Å². The SMILES string of the molecule is Cc1ccc(C(N)C(=O)NCC2(c3cccc(F)c3)CC2)cc1. The summed E-state index contributed by atoms with van der Waals surface area (Å²) >= 11 is 0. The Morgan fingerprint density at radius 3 is 2.57 bits per heavy atom. The summed E-state index contributed by atoms with van der Waals surface area (Å²) < 4.78 is 13.4. The van der Waals surface area contributed by atoms with Crippen LogP contribution in [0, 0.1) is 12.7 Å². The molecule has 0 aliphatic heterocycles. The second kappa shape index (κ2) is 6.13. The maximum atomic E-state index is 13.4. The van der Waals surface area contributed by atoms with Crippen molar-refractivity contribution in [2.24, 2.45) is 5.73 Å². The van der Waals surface area contributed by atoms with Crippen molar-refractivity contribution in [2.45, 2.75) is 31.2 Å². The molecule has 23 heavy (non-hydrogen) atoms. The molecule has 4 heteroatoms. The standard InChI is InChI=1S/C19H21FN2O/c1-13-5-7-14(8-6-13)17(21)18(23)22-12-19(9-10-19)15-3-2-4-16(20)11-15/h2-8,11,17H,9-10,12,21H2,1H3,(H,22,23). The third-order valence-electron chi connectivity index (χ3n) is 4.61. The van der Waals surface area contributed by atoms with E-state index in [9.17, 15) is 9.18 Å². The van der Waals surface area contributed by atoms with Gasteiger partial charge in [-0.05, 0) is 43.0 Å². The average molecular weight is 312 g/mol. The molecule has 3 nitrogen and oxygen atoms in total. The van der Waals surface area contributed by atoms with E-state index in [0.717, 1.165) is 29.5 Å². The van der Waals surface area contributed by atoms with Gasteiger partial charge in [0.2, 0.25) is 5.91 Å². The molecule has 0 saturated heterocycles. The summed E-state index contributed by atoms with van der Waals surface area (Å²) in [5.74, 6) is -0.437. The van der Waals surface area contributed by atoms with Crippen molar-refractivity contribution in [3.05, 3.63) is 71.0 Å². The third-order valence-corrected chi connectivity index (χ3v) is 4.61. The highest BCUT2D eigenvalue weighted by Gasteiger charge is 2.44. The minimum Gasteiger partial charge on any atom is -0.354 e. The molecule has 1 atom stereocenters. The largest absolute Gasteiger partial charge is 0.354 e. The molecular weight excluding hydrogens is 291 g/mol. The van der Waals surface area contributed by atoms with Crippen LogP contribution in [0.3, 0.4) is 0 Å². The second-order valence-corrected chi connectivity index (χ2v) is 6.40. The van der Waals surface area contributed by atoms with E-state index in [1.165, 1.54) is 6.07 Å². The number of amides is 1. The van der Waals surface area contributed by atoms with Crippen molar-refractivity contribution in [3.63, 3.8) is 0 Å². The van der Waals surface area contributed by atoms with Gasteiger partial charge in [0, 0.05) is 12.0 Å². The molecule has 1 fully saturated rings. The fraction of sp³-hybridized carbons (Fsp3) is 0.316. The van der Waals surface area contributed by atoms with E-state index in [1.807, 2.05) is 37.3 Å². The average Bonchev–Trinajstić information content (AvgIpc) is 3.34. The van der Waals surface area contributed by atoms with Gasteiger partial charge in [0.1, 0.15) is 11.9 Å². The summed E-state index contributed by atoms with van der Waals surface area (Å²) in [5, 5.41) is 2.93. The lowest BCUT2D eigenvalue weighted by molar-refractivity contribution is -0.122. The minimum atomic E-state index is -0.682. The van der Waals surface area contributed by atoms with Crippen LogP contribution in [-0.4, -0.2) is 12.5 Å². The molecule has 1 unspecified atom stereocenters. The van der Waals surface area contributed by atoms with Crippen LogP contribution in [-0.2, 0) is 10.2 Å². The number of hydrogen-bond acceptors (Lipinski definition) is 2. The molecule has 1 aliphatic carbocycles. The molecule has 0 radical (unpaired) electrons. The smallest absolute Gasteiger partial charge is 0.241 e. The lowest BCUT2D eigenvalue weighted by atomic mass is 9.95. The van der Waals surface area contributed by atoms with E-state index >= 15 is 0 Å². The van der Waals surface area contributed by atoms with Crippen molar-refractivity contribution in [3.8, 4) is 0 Å². The molecule has 1 amide bonds. The zero-order valence-electron chi connectivity index (χ0n) is 13.2. The van der Waals surface area contributed by atoms with E-state index in [2.05, 4.69) is 5.32 Å². The molecule has 0 bridgehead atoms. The van der Waals surface area contributed by atoms with Crippen molar-refractivity contribution in [1.82, 2.24) is 5.32 Å². The van der Waals surface area contributed by atoms with Crippen LogP contribution in [0.4, 0.5) is 4.39 Å². The van der Waals surface area contributed by atoms with Gasteiger partial charge < -0.3 is 11.1 Å². The van der Waals surface area contributed by atoms with Crippen LogP contribution in [0.1, 0.15) is 35.6 Å². The first-order valence-electron chi connectivity index (χ1n) is 7.86. The molecule has 2 aromatic rings. The first-order valence-corrected chi connectivity index (χ1v) is 7.86. The third kappa shape index (κ3) is 3.42. The molecule has 3 rings (SSSR count). The summed E-state index contributed by atoms with van der Waals surface area (Å²) in [7, 11) is 0. The van der Waals surface area contributed by atoms with Crippen LogP contribution in [0.2, 0.25) is 0 Å². The van der Waals surface area contributed by atoms with Crippen LogP contribution in [0.15, 0.2) is 48.5 Å². The Morgan fingerprint density at radius 2 is 1.96 bits per heavy atom. The Morgan fingerprint density at radius 1 is 1.26 bits per heavy atom. The van der Waals surface area contributed by atoms with Gasteiger partial charge in [-0.25, -0.2) is 4.39 Å². The summed E-state index contributed by atoms with van der Waals surface area (Å²) in [6, 6.07) is 13.6. The summed E-state index contributed by atoms with van der Waals surface area (Å²) in [4.78, 5) is 12.3. The molecule has 120 valence electrons. The number of halogens is 1. The van der Waals surface area contributed by atoms with Gasteiger partial charge in [-0.15, -0.1) is 0 Å². The van der Waals surface area contributed by atoms with Gasteiger partial charge in [0.25, 0.3) is 0 Å². The Hall–Kier alpha value is -2.20. The highest BCUT2D eigenvalue weighted by Crippen LogP contribution is 2.47. The van der Waals surface area contributed by atoms with Crippen LogP contribution >= 0.6 is 0 Å². The minimum absolute atomic E-state index is 0.134. The quantitative estimate of drug-likeness (QED) is 0.892. The summed E-state index contributed by atoms with van der Waals surface area (Å²) in [5.41, 5.74) is 8.77. The second-order valence-electron chi connectivity index (χ2n) is 6.40. The molecule has 1 saturated carbocycles. The molecule has 2 aromatic carbocycles. The molecule has 0 heterocycles. The highest BCUT2D eigenvalue weighted by molar-refractivity contribution is 5.83. The molecular formula is C19H21FN2O. The van der Waals surface area contributed by atoms with Crippen molar-refractivity contribution in [1.29, 1.82) is 0 Å². The fourth-order valence-electron chi connectivity index (χ4n) is 2.83. The lowest BCUT2D eigenvalue weighted by Crippen LogP contribution is -2.38. The number of nitrogens with one attached hydrogen (secondary N) is 1.